The van der Waals surface area contributed by atoms with Gasteiger partial charge in [-0.2, -0.15) is 0 Å². The van der Waals surface area contributed by atoms with Crippen LogP contribution in [0.5, 0.6) is 0 Å². The zero-order valence-corrected chi connectivity index (χ0v) is 7.05. The maximum atomic E-state index is 5.25. The van der Waals surface area contributed by atoms with Gasteiger partial charge in [-0.05, 0) is 25.7 Å². The minimum atomic E-state index is 0.809. The molecule has 2 rings (SSSR count). The number of rotatable bonds is 1. The molecule has 0 saturated carbocycles. The predicted molar refractivity (Wildman–Crippen MR) is 43.8 cm³/mol. The number of nitrogens with zero attached hydrogens (tertiary/aromatic N) is 1. The van der Waals surface area contributed by atoms with E-state index in [1.165, 1.54) is 31.4 Å². The van der Waals surface area contributed by atoms with Crippen LogP contribution in [-0.2, 0) is 4.84 Å². The molecule has 1 atom stereocenters. The van der Waals surface area contributed by atoms with Crippen molar-refractivity contribution >= 4 is 0 Å². The van der Waals surface area contributed by atoms with E-state index < -0.39 is 0 Å². The molecule has 0 aromatic heterocycles. The lowest BCUT2D eigenvalue weighted by molar-refractivity contribution is -0.0885. The smallest absolute Gasteiger partial charge is 0.0638 e. The lowest BCUT2D eigenvalue weighted by Crippen LogP contribution is -2.18. The van der Waals surface area contributed by atoms with Crippen molar-refractivity contribution < 1.29 is 4.84 Å². The molecule has 0 amide bonds. The first-order valence-corrected chi connectivity index (χ1v) is 4.43. The molecule has 0 aromatic rings. The molecule has 0 aromatic carbocycles. The van der Waals surface area contributed by atoms with Gasteiger partial charge in [-0.15, -0.1) is 0 Å². The molecule has 1 aliphatic heterocycles. The van der Waals surface area contributed by atoms with Crippen molar-refractivity contribution in [2.24, 2.45) is 5.92 Å². The minimum absolute atomic E-state index is 0.809. The van der Waals surface area contributed by atoms with Gasteiger partial charge in [0, 0.05) is 18.2 Å². The molecule has 1 heterocycles. The summed E-state index contributed by atoms with van der Waals surface area (Å²) in [6.07, 6.45) is 7.60. The summed E-state index contributed by atoms with van der Waals surface area (Å²) in [5.41, 5.74) is 1.44. The molecule has 1 aliphatic carbocycles. The van der Waals surface area contributed by atoms with Crippen LogP contribution in [0.3, 0.4) is 0 Å². The first-order valence-electron chi connectivity index (χ1n) is 4.43. The highest BCUT2D eigenvalue weighted by Crippen LogP contribution is 2.35. The van der Waals surface area contributed by atoms with Crippen molar-refractivity contribution in [2.45, 2.75) is 25.7 Å². The Morgan fingerprint density at radius 2 is 2.45 bits per heavy atom. The summed E-state index contributed by atoms with van der Waals surface area (Å²) in [5, 5.41) is 2.05. The molecule has 2 nitrogen and oxygen atoms in total. The SMILES string of the molecule is CON1CCC2CCCC=C21. The maximum Gasteiger partial charge on any atom is 0.0638 e. The fourth-order valence-corrected chi connectivity index (χ4v) is 2.13. The molecular formula is C9H15NO. The second kappa shape index (κ2) is 2.86. The van der Waals surface area contributed by atoms with E-state index in [4.69, 9.17) is 4.84 Å². The largest absolute Gasteiger partial charge is 0.277 e. The molecule has 0 radical (unpaired) electrons. The van der Waals surface area contributed by atoms with Crippen LogP contribution in [0.25, 0.3) is 0 Å². The molecule has 0 N–H and O–H groups in total. The second-order valence-corrected chi connectivity index (χ2v) is 3.33. The normalized spacial score (nSPS) is 30.1. The minimum Gasteiger partial charge on any atom is -0.277 e. The van der Waals surface area contributed by atoms with E-state index >= 15 is 0 Å². The van der Waals surface area contributed by atoms with E-state index in [-0.39, 0.29) is 0 Å². The molecule has 2 aliphatic rings. The first kappa shape index (κ1) is 7.17. The van der Waals surface area contributed by atoms with Crippen molar-refractivity contribution in [1.29, 1.82) is 0 Å². The van der Waals surface area contributed by atoms with Crippen molar-refractivity contribution in [2.75, 3.05) is 13.7 Å². The third-order valence-corrected chi connectivity index (χ3v) is 2.72. The van der Waals surface area contributed by atoms with Crippen LogP contribution in [0.4, 0.5) is 0 Å². The lowest BCUT2D eigenvalue weighted by atomic mass is 9.93. The van der Waals surface area contributed by atoms with Crippen molar-refractivity contribution in [3.05, 3.63) is 11.8 Å². The highest BCUT2D eigenvalue weighted by molar-refractivity contribution is 5.11. The fraction of sp³-hybridized carbons (Fsp3) is 0.778. The average Bonchev–Trinajstić information content (AvgIpc) is 2.47. The van der Waals surface area contributed by atoms with Crippen LogP contribution in [0.15, 0.2) is 11.8 Å². The third kappa shape index (κ3) is 1.16. The summed E-state index contributed by atoms with van der Waals surface area (Å²) in [4.78, 5) is 5.25. The van der Waals surface area contributed by atoms with E-state index in [1.807, 2.05) is 5.06 Å². The van der Waals surface area contributed by atoms with Gasteiger partial charge in [-0.25, -0.2) is 0 Å². The van der Waals surface area contributed by atoms with Gasteiger partial charge in [0.05, 0.1) is 7.11 Å². The Labute approximate surface area is 67.8 Å². The van der Waals surface area contributed by atoms with Gasteiger partial charge >= 0.3 is 0 Å². The highest BCUT2D eigenvalue weighted by Gasteiger charge is 2.28. The maximum absolute atomic E-state index is 5.25. The van der Waals surface area contributed by atoms with Gasteiger partial charge < -0.3 is 0 Å². The summed E-state index contributed by atoms with van der Waals surface area (Å²) in [6, 6.07) is 0. The predicted octanol–water partition coefficient (Wildman–Crippen LogP) is 1.94. The third-order valence-electron chi connectivity index (χ3n) is 2.72. The summed E-state index contributed by atoms with van der Waals surface area (Å²) >= 11 is 0. The molecule has 0 spiro atoms. The first-order chi connectivity index (χ1) is 5.42. The Bertz CT molecular complexity index is 176. The Kier molecular flexibility index (Phi) is 1.86. The summed E-state index contributed by atoms with van der Waals surface area (Å²) < 4.78 is 0. The molecule has 1 unspecified atom stereocenters. The summed E-state index contributed by atoms with van der Waals surface area (Å²) in [5.74, 6) is 0.809. The van der Waals surface area contributed by atoms with Gasteiger partial charge in [0.2, 0.25) is 0 Å². The van der Waals surface area contributed by atoms with E-state index in [9.17, 15) is 0 Å². The summed E-state index contributed by atoms with van der Waals surface area (Å²) in [7, 11) is 1.76. The topological polar surface area (TPSA) is 12.5 Å². The summed E-state index contributed by atoms with van der Waals surface area (Å²) in [6.45, 7) is 1.09. The van der Waals surface area contributed by atoms with Gasteiger partial charge in [0.1, 0.15) is 0 Å². The molecule has 11 heavy (non-hydrogen) atoms. The molecule has 2 heteroatoms. The lowest BCUT2D eigenvalue weighted by Gasteiger charge is -2.22. The number of allylic oxidation sites excluding steroid dienone is 2. The van der Waals surface area contributed by atoms with Crippen LogP contribution in [0.2, 0.25) is 0 Å². The Balaban J connectivity index is 2.13. The average molecular weight is 153 g/mol. The van der Waals surface area contributed by atoms with Gasteiger partial charge in [-0.1, -0.05) is 6.08 Å². The van der Waals surface area contributed by atoms with E-state index in [2.05, 4.69) is 6.08 Å². The van der Waals surface area contributed by atoms with Gasteiger partial charge in [0.15, 0.2) is 0 Å². The van der Waals surface area contributed by atoms with Crippen molar-refractivity contribution in [3.8, 4) is 0 Å². The Morgan fingerprint density at radius 3 is 3.27 bits per heavy atom. The van der Waals surface area contributed by atoms with Crippen LogP contribution in [0.1, 0.15) is 25.7 Å². The number of hydrogen-bond acceptors (Lipinski definition) is 2. The van der Waals surface area contributed by atoms with Crippen LogP contribution < -0.4 is 0 Å². The quantitative estimate of drug-likeness (QED) is 0.570. The van der Waals surface area contributed by atoms with Gasteiger partial charge in [-0.3, -0.25) is 9.90 Å². The Hall–Kier alpha value is -0.500. The Morgan fingerprint density at radius 1 is 1.55 bits per heavy atom. The zero-order chi connectivity index (χ0) is 7.68. The molecule has 1 saturated heterocycles. The number of fused-ring (bicyclic) bond motifs is 1. The fourth-order valence-electron chi connectivity index (χ4n) is 2.13. The molecule has 1 fully saturated rings. The van der Waals surface area contributed by atoms with Crippen molar-refractivity contribution in [1.82, 2.24) is 5.06 Å². The second-order valence-electron chi connectivity index (χ2n) is 3.33. The number of hydroxylamine groups is 2. The molecule has 62 valence electrons. The van der Waals surface area contributed by atoms with Crippen LogP contribution in [-0.4, -0.2) is 18.7 Å². The van der Waals surface area contributed by atoms with Crippen LogP contribution in [0, 0.1) is 5.92 Å². The standard InChI is InChI=1S/C9H15NO/c1-11-10-7-6-8-4-2-3-5-9(8)10/h5,8H,2-4,6-7H2,1H3. The highest BCUT2D eigenvalue weighted by atomic mass is 16.7. The van der Waals surface area contributed by atoms with E-state index in [0.717, 1.165) is 12.5 Å². The molecular weight excluding hydrogens is 138 g/mol. The number of hydrogen-bond donors (Lipinski definition) is 0. The van der Waals surface area contributed by atoms with Gasteiger partial charge in [0.25, 0.3) is 0 Å². The zero-order valence-electron chi connectivity index (χ0n) is 7.05. The van der Waals surface area contributed by atoms with Crippen LogP contribution >= 0.6 is 0 Å². The van der Waals surface area contributed by atoms with Crippen molar-refractivity contribution in [3.63, 3.8) is 0 Å². The van der Waals surface area contributed by atoms with E-state index in [1.54, 1.807) is 7.11 Å². The van der Waals surface area contributed by atoms with E-state index in [0.29, 0.717) is 0 Å². The monoisotopic (exact) mass is 153 g/mol. The molecule has 0 bridgehead atoms.